The number of aromatic nitrogens is 2. The molecule has 1 aliphatic rings. The molecule has 4 aromatic rings. The summed E-state index contributed by atoms with van der Waals surface area (Å²) in [6.45, 7) is 12.1. The topological polar surface area (TPSA) is 85.7 Å². The van der Waals surface area contributed by atoms with Crippen LogP contribution in [0, 0.1) is 0 Å². The van der Waals surface area contributed by atoms with E-state index < -0.39 is 10.8 Å². The van der Waals surface area contributed by atoms with Crippen LogP contribution in [0.5, 0.6) is 5.75 Å². The molecule has 0 radical (unpaired) electrons. The molecule has 0 bridgehead atoms. The zero-order valence-corrected chi connectivity index (χ0v) is 30.1. The van der Waals surface area contributed by atoms with Gasteiger partial charge < -0.3 is 24.3 Å². The van der Waals surface area contributed by atoms with Gasteiger partial charge in [0.1, 0.15) is 12.4 Å². The van der Waals surface area contributed by atoms with E-state index in [2.05, 4.69) is 66.3 Å². The third-order valence-corrected chi connectivity index (χ3v) is 10.2. The Hall–Kier alpha value is -4.21. The number of hydrogen-bond acceptors (Lipinski definition) is 6. The van der Waals surface area contributed by atoms with Crippen LogP contribution in [0.4, 0.5) is 11.4 Å². The number of unbranched alkanes of at least 4 members (excludes halogenated alkanes) is 1. The van der Waals surface area contributed by atoms with E-state index in [0.717, 1.165) is 85.6 Å². The van der Waals surface area contributed by atoms with Gasteiger partial charge in [-0.25, -0.2) is 4.98 Å². The highest BCUT2D eigenvalue weighted by molar-refractivity contribution is 7.84. The third kappa shape index (κ3) is 9.92. The summed E-state index contributed by atoms with van der Waals surface area (Å²) in [4.78, 5) is 20.8. The summed E-state index contributed by atoms with van der Waals surface area (Å²) < 4.78 is 26.6. The minimum atomic E-state index is -1.21. The first-order valence-corrected chi connectivity index (χ1v) is 18.9. The van der Waals surface area contributed by atoms with Crippen molar-refractivity contribution in [1.82, 2.24) is 9.55 Å². The van der Waals surface area contributed by atoms with Crippen molar-refractivity contribution in [2.45, 2.75) is 83.0 Å². The quantitative estimate of drug-likeness (QED) is 0.0888. The molecule has 5 rings (SSSR count). The molecule has 49 heavy (non-hydrogen) atoms. The van der Waals surface area contributed by atoms with Crippen LogP contribution in [0.25, 0.3) is 17.2 Å². The Labute approximate surface area is 294 Å². The standard InChI is InChI=1S/C40H50N4O4S/c1-5-7-22-47-23-24-48-37-15-10-32(11-16-37)33-12-19-39(44-21-8-9-31(44)4)34(26-33)25-30(3)40(45)42-35-13-17-38(18-14-35)49(46)28-36-27-41-29-43(36)20-6-2/h10-19,25-27,29,31H,5-9,20-24,28H2,1-4H3,(H,42,45)/b30-25+/t31?,49-/m0/s1. The van der Waals surface area contributed by atoms with Gasteiger partial charge in [-0.15, -0.1) is 0 Å². The molecule has 0 saturated carbocycles. The van der Waals surface area contributed by atoms with Gasteiger partial charge in [-0.05, 0) is 111 Å². The van der Waals surface area contributed by atoms with Crippen LogP contribution in [0.15, 0.2) is 89.7 Å². The zero-order chi connectivity index (χ0) is 34.6. The number of rotatable bonds is 17. The van der Waals surface area contributed by atoms with Crippen molar-refractivity contribution in [2.75, 3.05) is 36.6 Å². The molecule has 1 amide bonds. The molecule has 1 unspecified atom stereocenters. The summed E-state index contributed by atoms with van der Waals surface area (Å²) in [6.07, 6.45) is 11.0. The maximum absolute atomic E-state index is 13.4. The van der Waals surface area contributed by atoms with Crippen LogP contribution in [0.2, 0.25) is 0 Å². The maximum Gasteiger partial charge on any atom is 0.251 e. The molecule has 1 aromatic heterocycles. The van der Waals surface area contributed by atoms with Gasteiger partial charge in [-0.1, -0.05) is 38.5 Å². The van der Waals surface area contributed by atoms with E-state index in [-0.39, 0.29) is 5.91 Å². The Kier molecular flexibility index (Phi) is 13.2. The largest absolute Gasteiger partial charge is 0.491 e. The molecule has 1 fully saturated rings. The average molecular weight is 683 g/mol. The van der Waals surface area contributed by atoms with Gasteiger partial charge in [-0.3, -0.25) is 9.00 Å². The fourth-order valence-electron chi connectivity index (χ4n) is 6.06. The van der Waals surface area contributed by atoms with Crippen LogP contribution in [0.3, 0.4) is 0 Å². The number of carbonyl (C=O) groups is 1. The molecule has 3 aromatic carbocycles. The van der Waals surface area contributed by atoms with E-state index in [4.69, 9.17) is 9.47 Å². The molecule has 1 saturated heterocycles. The molecule has 2 heterocycles. The summed E-state index contributed by atoms with van der Waals surface area (Å²) in [5, 5.41) is 3.02. The van der Waals surface area contributed by atoms with Crippen LogP contribution >= 0.6 is 0 Å². The number of imidazole rings is 1. The number of hydrogen-bond donors (Lipinski definition) is 1. The first-order valence-electron chi connectivity index (χ1n) is 17.5. The summed E-state index contributed by atoms with van der Waals surface area (Å²) in [5.41, 5.74) is 6.52. The zero-order valence-electron chi connectivity index (χ0n) is 29.3. The van der Waals surface area contributed by atoms with Crippen LogP contribution < -0.4 is 15.0 Å². The maximum atomic E-state index is 13.4. The smallest absolute Gasteiger partial charge is 0.251 e. The fourth-order valence-corrected chi connectivity index (χ4v) is 7.17. The van der Waals surface area contributed by atoms with Gasteiger partial charge in [0.25, 0.3) is 5.91 Å². The summed E-state index contributed by atoms with van der Waals surface area (Å²) >= 11 is 0. The Morgan fingerprint density at radius 2 is 1.78 bits per heavy atom. The number of amides is 1. The Bertz CT molecular complexity index is 1720. The molecule has 1 N–H and O–H groups in total. The highest BCUT2D eigenvalue weighted by atomic mass is 32.2. The third-order valence-electron chi connectivity index (χ3n) is 8.86. The molecular formula is C40H50N4O4S. The Balaban J connectivity index is 1.27. The first kappa shape index (κ1) is 36.1. The average Bonchev–Trinajstić information content (AvgIpc) is 3.75. The van der Waals surface area contributed by atoms with E-state index in [1.165, 1.54) is 0 Å². The van der Waals surface area contributed by atoms with Gasteiger partial charge in [0, 0.05) is 53.8 Å². The van der Waals surface area contributed by atoms with Crippen LogP contribution in [-0.4, -0.2) is 52.1 Å². The van der Waals surface area contributed by atoms with Crippen molar-refractivity contribution in [2.24, 2.45) is 0 Å². The van der Waals surface area contributed by atoms with Gasteiger partial charge >= 0.3 is 0 Å². The highest BCUT2D eigenvalue weighted by Gasteiger charge is 2.23. The second-order valence-corrected chi connectivity index (χ2v) is 14.1. The molecule has 9 heteroatoms. The summed E-state index contributed by atoms with van der Waals surface area (Å²) in [7, 11) is -1.21. The summed E-state index contributed by atoms with van der Waals surface area (Å²) in [5.74, 6) is 1.04. The lowest BCUT2D eigenvalue weighted by atomic mass is 9.99. The monoisotopic (exact) mass is 682 g/mol. The molecule has 0 spiro atoms. The normalized spacial score (nSPS) is 15.4. The molecular weight excluding hydrogens is 633 g/mol. The van der Waals surface area contributed by atoms with Crippen molar-refractivity contribution in [3.05, 3.63) is 96.1 Å². The first-order chi connectivity index (χ1) is 23.9. The second kappa shape index (κ2) is 18.0. The SMILES string of the molecule is CCCCOCCOc1ccc(-c2ccc(N3CCCC3C)c(/C=C(\C)C(=O)Nc3ccc([S@@](=O)Cc4cncn4CCC)cc3)c2)cc1. The van der Waals surface area contributed by atoms with E-state index in [9.17, 15) is 9.00 Å². The number of nitrogens with one attached hydrogen (secondary N) is 1. The van der Waals surface area contributed by atoms with Crippen molar-refractivity contribution in [1.29, 1.82) is 0 Å². The number of anilines is 2. The molecule has 0 aliphatic carbocycles. The van der Waals surface area contributed by atoms with Crippen LogP contribution in [0.1, 0.15) is 71.1 Å². The Morgan fingerprint density at radius 3 is 2.49 bits per heavy atom. The predicted molar refractivity (Wildman–Crippen MR) is 200 cm³/mol. The fraction of sp³-hybridized carbons (Fsp3) is 0.400. The molecule has 8 nitrogen and oxygen atoms in total. The van der Waals surface area contributed by atoms with Gasteiger partial charge in [0.05, 0.1) is 35.2 Å². The molecule has 260 valence electrons. The minimum Gasteiger partial charge on any atom is -0.491 e. The Morgan fingerprint density at radius 1 is 1.00 bits per heavy atom. The van der Waals surface area contributed by atoms with Crippen molar-refractivity contribution >= 4 is 34.2 Å². The van der Waals surface area contributed by atoms with Gasteiger partial charge in [0.15, 0.2) is 0 Å². The second-order valence-electron chi connectivity index (χ2n) is 12.7. The number of aryl methyl sites for hydroxylation is 1. The molecule has 2 atom stereocenters. The minimum absolute atomic E-state index is 0.177. The van der Waals surface area contributed by atoms with E-state index in [1.54, 1.807) is 12.5 Å². The highest BCUT2D eigenvalue weighted by Crippen LogP contribution is 2.34. The van der Waals surface area contributed by atoms with Gasteiger partial charge in [-0.2, -0.15) is 0 Å². The van der Waals surface area contributed by atoms with E-state index in [1.807, 2.05) is 54.0 Å². The summed E-state index contributed by atoms with van der Waals surface area (Å²) in [6, 6.07) is 22.3. The predicted octanol–water partition coefficient (Wildman–Crippen LogP) is 8.49. The van der Waals surface area contributed by atoms with Crippen molar-refractivity contribution in [3.63, 3.8) is 0 Å². The lowest BCUT2D eigenvalue weighted by Crippen LogP contribution is -2.27. The number of ether oxygens (including phenoxy) is 2. The van der Waals surface area contributed by atoms with E-state index in [0.29, 0.717) is 41.2 Å². The lowest BCUT2D eigenvalue weighted by Gasteiger charge is -2.26. The molecule has 1 aliphatic heterocycles. The number of nitrogens with zero attached hydrogens (tertiary/aromatic N) is 3. The lowest BCUT2D eigenvalue weighted by molar-refractivity contribution is -0.112. The van der Waals surface area contributed by atoms with E-state index >= 15 is 0 Å². The van der Waals surface area contributed by atoms with Crippen LogP contribution in [-0.2, 0) is 32.6 Å². The van der Waals surface area contributed by atoms with Crippen molar-refractivity contribution in [3.8, 4) is 16.9 Å². The number of benzene rings is 3. The van der Waals surface area contributed by atoms with Gasteiger partial charge in [0.2, 0.25) is 0 Å². The van der Waals surface area contributed by atoms with Crippen molar-refractivity contribution < 1.29 is 18.5 Å². The number of carbonyl (C=O) groups excluding carboxylic acids is 1.